The molecule has 6 aromatic rings. The van der Waals surface area contributed by atoms with Crippen LogP contribution in [0.2, 0.25) is 0 Å². The molecule has 3 aliphatic heterocycles. The van der Waals surface area contributed by atoms with Crippen molar-refractivity contribution in [3.05, 3.63) is 123 Å². The standard InChI is InChI=1S/C14H14N2O2.C14H16N2O.C14H16N2/c1-16-7-6-12-10(8-16)13(14(17)18)9-4-2-3-5-11(9)15-12;1-16-7-6-14-11(8-16)12(9-17)10-4-2-3-5-13(10)15-14;1-10-11-5-3-4-6-13(11)15-14-7-8-16(2)9-12(10)14/h2-5H,6-8H2,1H3,(H,17,18);2-5,17H,6-9H2,1H3;3-6H,7-9H2,1-2H3. The van der Waals surface area contributed by atoms with Crippen molar-refractivity contribution in [1.29, 1.82) is 0 Å². The number of likely N-dealkylation sites (N-methyl/N-ethyl adjacent to an activating group) is 3. The monoisotopic (exact) mass is 682 g/mol. The first-order valence-corrected chi connectivity index (χ1v) is 17.8. The zero-order chi connectivity index (χ0) is 35.6. The maximum Gasteiger partial charge on any atom is 0.336 e. The number of fused-ring (bicyclic) bond motifs is 6. The zero-order valence-corrected chi connectivity index (χ0v) is 30.0. The number of carbonyl (C=O) groups is 1. The molecule has 51 heavy (non-hydrogen) atoms. The Kier molecular flexibility index (Phi) is 10.1. The van der Waals surface area contributed by atoms with E-state index in [1.165, 1.54) is 27.8 Å². The number of nitrogens with zero attached hydrogens (tertiary/aromatic N) is 6. The summed E-state index contributed by atoms with van der Waals surface area (Å²) < 4.78 is 0. The number of aromatic carboxylic acids is 1. The fraction of sp³-hybridized carbons (Fsp3) is 0.333. The Morgan fingerprint density at radius 3 is 1.57 bits per heavy atom. The topological polar surface area (TPSA) is 106 Å². The van der Waals surface area contributed by atoms with Gasteiger partial charge in [-0.3, -0.25) is 15.0 Å². The van der Waals surface area contributed by atoms with Crippen LogP contribution in [0.4, 0.5) is 0 Å². The first-order chi connectivity index (χ1) is 24.7. The molecule has 3 aliphatic rings. The van der Waals surface area contributed by atoms with Gasteiger partial charge in [-0.05, 0) is 68.5 Å². The Balaban J connectivity index is 0.000000120. The van der Waals surface area contributed by atoms with E-state index >= 15 is 0 Å². The predicted molar refractivity (Wildman–Crippen MR) is 203 cm³/mol. The van der Waals surface area contributed by atoms with E-state index in [2.05, 4.69) is 65.0 Å². The smallest absolute Gasteiger partial charge is 0.336 e. The highest BCUT2D eigenvalue weighted by Gasteiger charge is 2.24. The lowest BCUT2D eigenvalue weighted by atomic mass is 9.96. The molecule has 9 nitrogen and oxygen atoms in total. The van der Waals surface area contributed by atoms with Gasteiger partial charge in [0.15, 0.2) is 0 Å². The van der Waals surface area contributed by atoms with Gasteiger partial charge in [0.05, 0.1) is 28.7 Å². The number of pyridine rings is 3. The van der Waals surface area contributed by atoms with E-state index < -0.39 is 5.97 Å². The van der Waals surface area contributed by atoms with Crippen LogP contribution in [0.25, 0.3) is 32.7 Å². The number of hydrogen-bond acceptors (Lipinski definition) is 8. The lowest BCUT2D eigenvalue weighted by Crippen LogP contribution is -2.29. The Bertz CT molecular complexity index is 2250. The van der Waals surface area contributed by atoms with Gasteiger partial charge < -0.3 is 24.9 Å². The molecule has 3 aromatic heterocycles. The molecule has 2 N–H and O–H groups in total. The molecule has 0 unspecified atom stereocenters. The van der Waals surface area contributed by atoms with Gasteiger partial charge in [0, 0.05) is 97.3 Å². The van der Waals surface area contributed by atoms with E-state index in [9.17, 15) is 15.0 Å². The molecular formula is C42H46N6O3. The highest BCUT2D eigenvalue weighted by Crippen LogP contribution is 2.29. The van der Waals surface area contributed by atoms with E-state index in [-0.39, 0.29) is 6.61 Å². The van der Waals surface area contributed by atoms with Crippen molar-refractivity contribution in [1.82, 2.24) is 29.7 Å². The lowest BCUT2D eigenvalue weighted by Gasteiger charge is -2.26. The van der Waals surface area contributed by atoms with Crippen LogP contribution in [0.15, 0.2) is 72.8 Å². The van der Waals surface area contributed by atoms with Gasteiger partial charge in [0.25, 0.3) is 0 Å². The average molecular weight is 683 g/mol. The molecular weight excluding hydrogens is 637 g/mol. The summed E-state index contributed by atoms with van der Waals surface area (Å²) in [5.74, 6) is -0.861. The number of carboxylic acid groups (broad SMARTS) is 1. The van der Waals surface area contributed by atoms with Crippen LogP contribution in [0.5, 0.6) is 0 Å². The normalized spacial score (nSPS) is 16.0. The van der Waals surface area contributed by atoms with Crippen molar-refractivity contribution < 1.29 is 15.0 Å². The predicted octanol–water partition coefficient (Wildman–Crippen LogP) is 6.17. The van der Waals surface area contributed by atoms with Gasteiger partial charge in [-0.2, -0.15) is 0 Å². The van der Waals surface area contributed by atoms with E-state index in [0.29, 0.717) is 12.1 Å². The third-order valence-corrected chi connectivity index (χ3v) is 10.5. The van der Waals surface area contributed by atoms with Gasteiger partial charge >= 0.3 is 5.97 Å². The largest absolute Gasteiger partial charge is 0.478 e. The summed E-state index contributed by atoms with van der Waals surface area (Å²) in [6.45, 7) is 8.01. The molecule has 0 radical (unpaired) electrons. The number of rotatable bonds is 2. The first-order valence-electron chi connectivity index (χ1n) is 17.8. The second kappa shape index (κ2) is 14.8. The molecule has 9 rings (SSSR count). The quantitative estimate of drug-likeness (QED) is 0.222. The van der Waals surface area contributed by atoms with Crippen molar-refractivity contribution >= 4 is 38.7 Å². The first kappa shape index (κ1) is 34.6. The van der Waals surface area contributed by atoms with Crippen LogP contribution in [-0.2, 0) is 45.5 Å². The maximum absolute atomic E-state index is 11.5. The summed E-state index contributed by atoms with van der Waals surface area (Å²) in [4.78, 5) is 32.4. The van der Waals surface area contributed by atoms with Crippen LogP contribution in [-0.4, -0.2) is 86.6 Å². The van der Waals surface area contributed by atoms with Crippen molar-refractivity contribution in [3.63, 3.8) is 0 Å². The molecule has 262 valence electrons. The Labute approximate surface area is 299 Å². The number of aryl methyl sites for hydroxylation is 1. The van der Waals surface area contributed by atoms with Crippen LogP contribution in [0.3, 0.4) is 0 Å². The van der Waals surface area contributed by atoms with Gasteiger partial charge in [0.1, 0.15) is 0 Å². The molecule has 0 saturated heterocycles. The van der Waals surface area contributed by atoms with Crippen LogP contribution < -0.4 is 0 Å². The molecule has 0 spiro atoms. The van der Waals surface area contributed by atoms with Crippen LogP contribution in [0, 0.1) is 6.92 Å². The lowest BCUT2D eigenvalue weighted by molar-refractivity contribution is 0.0696. The number of aromatic nitrogens is 3. The Hall–Kier alpha value is -4.80. The number of carboxylic acids is 1. The molecule has 0 saturated carbocycles. The van der Waals surface area contributed by atoms with Crippen LogP contribution in [0.1, 0.15) is 55.3 Å². The van der Waals surface area contributed by atoms with Crippen molar-refractivity contribution in [3.8, 4) is 0 Å². The molecule has 0 atom stereocenters. The summed E-state index contributed by atoms with van der Waals surface area (Å²) >= 11 is 0. The molecule has 9 heteroatoms. The van der Waals surface area contributed by atoms with E-state index in [4.69, 9.17) is 9.97 Å². The molecule has 3 aromatic carbocycles. The number of aliphatic hydroxyl groups is 1. The SMILES string of the molecule is CN1CCc2nc3ccccc3c(C(=O)O)c2C1.CN1CCc2nc3ccccc3c(CO)c2C1.Cc1c2c(nc3ccccc13)CCN(C)C2. The number of hydrogen-bond donors (Lipinski definition) is 2. The number of benzene rings is 3. The van der Waals surface area contributed by atoms with E-state index in [1.807, 2.05) is 55.6 Å². The summed E-state index contributed by atoms with van der Waals surface area (Å²) in [6, 6.07) is 24.0. The maximum atomic E-state index is 11.5. The van der Waals surface area contributed by atoms with Gasteiger partial charge in [-0.25, -0.2) is 4.79 Å². The second-order valence-corrected chi connectivity index (χ2v) is 14.1. The van der Waals surface area contributed by atoms with Gasteiger partial charge in [0.2, 0.25) is 0 Å². The molecule has 0 aliphatic carbocycles. The van der Waals surface area contributed by atoms with Gasteiger partial charge in [-0.1, -0.05) is 54.6 Å². The minimum absolute atomic E-state index is 0.0964. The van der Waals surface area contributed by atoms with Crippen LogP contribution >= 0.6 is 0 Å². The Morgan fingerprint density at radius 1 is 0.608 bits per heavy atom. The highest BCUT2D eigenvalue weighted by atomic mass is 16.4. The molecule has 0 bridgehead atoms. The summed E-state index contributed by atoms with van der Waals surface area (Å²) in [7, 11) is 6.29. The van der Waals surface area contributed by atoms with Gasteiger partial charge in [-0.15, -0.1) is 0 Å². The minimum Gasteiger partial charge on any atom is -0.478 e. The second-order valence-electron chi connectivity index (χ2n) is 14.1. The summed E-state index contributed by atoms with van der Waals surface area (Å²) in [5, 5.41) is 22.2. The summed E-state index contributed by atoms with van der Waals surface area (Å²) in [5.41, 5.74) is 12.7. The molecule has 0 fully saturated rings. The number of aliphatic hydroxyl groups excluding tert-OH is 1. The van der Waals surface area contributed by atoms with E-state index in [1.54, 1.807) is 0 Å². The van der Waals surface area contributed by atoms with Crippen molar-refractivity contribution in [2.75, 3.05) is 40.8 Å². The van der Waals surface area contributed by atoms with Crippen molar-refractivity contribution in [2.24, 2.45) is 0 Å². The third kappa shape index (κ3) is 7.07. The Morgan fingerprint density at radius 2 is 1.02 bits per heavy atom. The fourth-order valence-electron chi connectivity index (χ4n) is 7.71. The number of para-hydroxylation sites is 3. The molecule has 0 amide bonds. The highest BCUT2D eigenvalue weighted by molar-refractivity contribution is 6.04. The fourth-order valence-corrected chi connectivity index (χ4v) is 7.71. The zero-order valence-electron chi connectivity index (χ0n) is 30.0. The van der Waals surface area contributed by atoms with Crippen molar-refractivity contribution in [2.45, 2.75) is 52.4 Å². The molecule has 6 heterocycles. The minimum atomic E-state index is -0.861. The third-order valence-electron chi connectivity index (χ3n) is 10.5. The summed E-state index contributed by atoms with van der Waals surface area (Å²) in [6.07, 6.45) is 2.87. The van der Waals surface area contributed by atoms with E-state index in [0.717, 1.165) is 102 Å². The average Bonchev–Trinajstić information content (AvgIpc) is 3.14.